The first kappa shape index (κ1) is 12.7. The van der Waals surface area contributed by atoms with E-state index in [2.05, 4.69) is 20.0 Å². The van der Waals surface area contributed by atoms with Gasteiger partial charge in [0.1, 0.15) is 6.33 Å². The van der Waals surface area contributed by atoms with Gasteiger partial charge < -0.3 is 10.1 Å². The second-order valence-corrected chi connectivity index (χ2v) is 3.65. The number of hydrogen-bond donors (Lipinski definition) is 1. The molecule has 0 spiro atoms. The molecule has 1 N–H and O–H groups in total. The maximum absolute atomic E-state index is 11.9. The maximum atomic E-state index is 11.9. The Hall–Kier alpha value is -2.76. The van der Waals surface area contributed by atoms with Gasteiger partial charge in [-0.3, -0.25) is 4.79 Å². The number of anilines is 1. The van der Waals surface area contributed by atoms with E-state index in [0.29, 0.717) is 16.8 Å². The highest BCUT2D eigenvalue weighted by molar-refractivity contribution is 6.04. The fourth-order valence-corrected chi connectivity index (χ4v) is 1.46. The van der Waals surface area contributed by atoms with Crippen LogP contribution in [0.1, 0.15) is 20.7 Å². The van der Waals surface area contributed by atoms with Crippen LogP contribution in [-0.4, -0.2) is 29.0 Å². The van der Waals surface area contributed by atoms with Crippen molar-refractivity contribution in [1.82, 2.24) is 9.97 Å². The third kappa shape index (κ3) is 3.12. The summed E-state index contributed by atoms with van der Waals surface area (Å²) in [5.74, 6) is -0.804. The molecule has 1 aromatic carbocycles. The van der Waals surface area contributed by atoms with E-state index in [9.17, 15) is 9.59 Å². The molecular weight excluding hydrogens is 246 g/mol. The van der Waals surface area contributed by atoms with E-state index < -0.39 is 5.97 Å². The van der Waals surface area contributed by atoms with Crippen LogP contribution in [0.3, 0.4) is 0 Å². The van der Waals surface area contributed by atoms with E-state index in [-0.39, 0.29) is 5.91 Å². The van der Waals surface area contributed by atoms with Gasteiger partial charge in [0, 0.05) is 18.1 Å². The minimum atomic E-state index is -0.459. The minimum Gasteiger partial charge on any atom is -0.465 e. The van der Waals surface area contributed by atoms with Crippen molar-refractivity contribution in [3.05, 3.63) is 54.1 Å². The Kier molecular flexibility index (Phi) is 3.82. The molecule has 0 unspecified atom stereocenters. The van der Waals surface area contributed by atoms with Gasteiger partial charge in [-0.15, -0.1) is 0 Å². The summed E-state index contributed by atoms with van der Waals surface area (Å²) in [5.41, 5.74) is 1.20. The predicted molar refractivity (Wildman–Crippen MR) is 67.8 cm³/mol. The molecule has 2 rings (SSSR count). The lowest BCUT2D eigenvalue weighted by molar-refractivity contribution is 0.0600. The summed E-state index contributed by atoms with van der Waals surface area (Å²) < 4.78 is 4.61. The number of carbonyl (C=O) groups is 2. The number of methoxy groups -OCH3 is 1. The van der Waals surface area contributed by atoms with Crippen LogP contribution in [-0.2, 0) is 4.74 Å². The van der Waals surface area contributed by atoms with Gasteiger partial charge in [0.2, 0.25) is 0 Å². The quantitative estimate of drug-likeness (QED) is 0.843. The molecule has 1 heterocycles. The summed E-state index contributed by atoms with van der Waals surface area (Å²) in [7, 11) is 1.30. The van der Waals surface area contributed by atoms with E-state index in [0.717, 1.165) is 0 Å². The molecule has 0 radical (unpaired) electrons. The van der Waals surface area contributed by atoms with Gasteiger partial charge in [-0.25, -0.2) is 14.8 Å². The van der Waals surface area contributed by atoms with Crippen molar-refractivity contribution in [2.24, 2.45) is 0 Å². The molecule has 0 aliphatic rings. The minimum absolute atomic E-state index is 0.339. The average molecular weight is 257 g/mol. The van der Waals surface area contributed by atoms with Gasteiger partial charge in [-0.2, -0.15) is 0 Å². The zero-order valence-electron chi connectivity index (χ0n) is 10.2. The van der Waals surface area contributed by atoms with Crippen LogP contribution in [0.25, 0.3) is 0 Å². The summed E-state index contributed by atoms with van der Waals surface area (Å²) in [6.45, 7) is 0. The summed E-state index contributed by atoms with van der Waals surface area (Å²) >= 11 is 0. The van der Waals surface area contributed by atoms with Crippen LogP contribution < -0.4 is 5.32 Å². The van der Waals surface area contributed by atoms with E-state index in [4.69, 9.17) is 0 Å². The number of nitrogens with one attached hydrogen (secondary N) is 1. The smallest absolute Gasteiger partial charge is 0.337 e. The lowest BCUT2D eigenvalue weighted by Gasteiger charge is -2.06. The highest BCUT2D eigenvalue weighted by Gasteiger charge is 2.09. The summed E-state index contributed by atoms with van der Waals surface area (Å²) in [6.07, 6.45) is 4.16. The zero-order chi connectivity index (χ0) is 13.7. The Balaban J connectivity index is 2.16. The summed E-state index contributed by atoms with van der Waals surface area (Å²) in [4.78, 5) is 30.7. The molecule has 0 fully saturated rings. The third-order valence-electron chi connectivity index (χ3n) is 2.36. The Bertz CT molecular complexity index is 599. The molecular formula is C13H11N3O3. The molecule has 0 bridgehead atoms. The predicted octanol–water partition coefficient (Wildman–Crippen LogP) is 1.52. The molecule has 96 valence electrons. The first-order valence-corrected chi connectivity index (χ1v) is 5.45. The second-order valence-electron chi connectivity index (χ2n) is 3.65. The first-order valence-electron chi connectivity index (χ1n) is 5.45. The molecule has 6 heteroatoms. The van der Waals surface area contributed by atoms with Gasteiger partial charge in [-0.05, 0) is 18.2 Å². The maximum Gasteiger partial charge on any atom is 0.337 e. The number of esters is 1. The van der Waals surface area contributed by atoms with Crippen LogP contribution in [0.15, 0.2) is 43.0 Å². The molecule has 19 heavy (non-hydrogen) atoms. The number of aromatic nitrogens is 2. The molecule has 0 aliphatic heterocycles. The highest BCUT2D eigenvalue weighted by Crippen LogP contribution is 2.12. The standard InChI is InChI=1S/C13H11N3O3/c1-19-13(18)9-3-2-4-11(5-9)16-12(17)10-6-14-8-15-7-10/h2-8H,1H3,(H,16,17). The van der Waals surface area contributed by atoms with E-state index in [1.54, 1.807) is 18.2 Å². The Morgan fingerprint density at radius 3 is 2.58 bits per heavy atom. The van der Waals surface area contributed by atoms with Gasteiger partial charge in [0.15, 0.2) is 0 Å². The number of rotatable bonds is 3. The number of nitrogens with zero attached hydrogens (tertiary/aromatic N) is 2. The largest absolute Gasteiger partial charge is 0.465 e. The van der Waals surface area contributed by atoms with Gasteiger partial charge in [0.25, 0.3) is 5.91 Å². The van der Waals surface area contributed by atoms with E-state index >= 15 is 0 Å². The van der Waals surface area contributed by atoms with Gasteiger partial charge in [-0.1, -0.05) is 6.07 Å². The van der Waals surface area contributed by atoms with Crippen molar-refractivity contribution < 1.29 is 14.3 Å². The second kappa shape index (κ2) is 5.72. The van der Waals surface area contributed by atoms with E-state index in [1.165, 1.54) is 31.9 Å². The monoisotopic (exact) mass is 257 g/mol. The third-order valence-corrected chi connectivity index (χ3v) is 2.36. The number of hydrogen-bond acceptors (Lipinski definition) is 5. The van der Waals surface area contributed by atoms with Gasteiger partial charge >= 0.3 is 5.97 Å². The van der Waals surface area contributed by atoms with Crippen LogP contribution in [0.4, 0.5) is 5.69 Å². The fraction of sp³-hybridized carbons (Fsp3) is 0.0769. The summed E-state index contributed by atoms with van der Waals surface area (Å²) in [5, 5.41) is 2.65. The molecule has 0 saturated carbocycles. The van der Waals surface area contributed by atoms with Crippen LogP contribution >= 0.6 is 0 Å². The van der Waals surface area contributed by atoms with Crippen LogP contribution in [0.2, 0.25) is 0 Å². The molecule has 1 amide bonds. The topological polar surface area (TPSA) is 81.2 Å². The average Bonchev–Trinajstić information content (AvgIpc) is 2.47. The Morgan fingerprint density at radius 1 is 1.16 bits per heavy atom. The molecule has 6 nitrogen and oxygen atoms in total. The molecule has 0 saturated heterocycles. The van der Waals surface area contributed by atoms with Crippen LogP contribution in [0.5, 0.6) is 0 Å². The first-order chi connectivity index (χ1) is 9.20. The number of benzene rings is 1. The Morgan fingerprint density at radius 2 is 1.89 bits per heavy atom. The lowest BCUT2D eigenvalue weighted by atomic mass is 10.2. The Labute approximate surface area is 109 Å². The molecule has 2 aromatic rings. The van der Waals surface area contributed by atoms with Crippen molar-refractivity contribution >= 4 is 17.6 Å². The fourth-order valence-electron chi connectivity index (χ4n) is 1.46. The number of carbonyl (C=O) groups excluding carboxylic acids is 2. The SMILES string of the molecule is COC(=O)c1cccc(NC(=O)c2cncnc2)c1. The van der Waals surface area contributed by atoms with Gasteiger partial charge in [0.05, 0.1) is 18.2 Å². The van der Waals surface area contributed by atoms with Crippen molar-refractivity contribution in [1.29, 1.82) is 0 Å². The van der Waals surface area contributed by atoms with Crippen LogP contribution in [0, 0.1) is 0 Å². The molecule has 1 aromatic heterocycles. The van der Waals surface area contributed by atoms with Crippen molar-refractivity contribution in [3.63, 3.8) is 0 Å². The van der Waals surface area contributed by atoms with Crippen molar-refractivity contribution in [2.45, 2.75) is 0 Å². The molecule has 0 atom stereocenters. The number of amides is 1. The highest BCUT2D eigenvalue weighted by atomic mass is 16.5. The normalized spacial score (nSPS) is 9.74. The van der Waals surface area contributed by atoms with E-state index in [1.807, 2.05) is 0 Å². The summed E-state index contributed by atoms with van der Waals surface area (Å²) in [6, 6.07) is 6.47. The number of ether oxygens (including phenoxy) is 1. The zero-order valence-corrected chi connectivity index (χ0v) is 10.2. The van der Waals surface area contributed by atoms with Crippen molar-refractivity contribution in [2.75, 3.05) is 12.4 Å². The lowest BCUT2D eigenvalue weighted by Crippen LogP contribution is -2.13. The van der Waals surface area contributed by atoms with Crippen molar-refractivity contribution in [3.8, 4) is 0 Å². The molecule has 0 aliphatic carbocycles.